The number of nitrogens with zero attached hydrogens (tertiary/aromatic N) is 1. The molecule has 1 fully saturated rings. The maximum absolute atomic E-state index is 12.6. The average Bonchev–Trinajstić information content (AvgIpc) is 2.65. The number of rotatable bonds is 9. The second-order valence-corrected chi connectivity index (χ2v) is 6.94. The Labute approximate surface area is 156 Å². The van der Waals surface area contributed by atoms with Crippen LogP contribution in [0.4, 0.5) is 0 Å². The monoisotopic (exact) mass is 364 g/mol. The quantitative estimate of drug-likeness (QED) is 0.730. The summed E-state index contributed by atoms with van der Waals surface area (Å²) in [6, 6.07) is 5.61. The Balaban J connectivity index is 2.00. The fourth-order valence-electron chi connectivity index (χ4n) is 3.24. The number of nitrogens with one attached hydrogen (secondary N) is 1. The van der Waals surface area contributed by atoms with Gasteiger partial charge in [0.25, 0.3) is 5.91 Å². The minimum Gasteiger partial charge on any atom is -0.493 e. The van der Waals surface area contributed by atoms with Crippen molar-refractivity contribution in [3.05, 3.63) is 23.8 Å². The summed E-state index contributed by atoms with van der Waals surface area (Å²) >= 11 is 0. The third-order valence-electron chi connectivity index (χ3n) is 4.53. The van der Waals surface area contributed by atoms with Gasteiger partial charge in [-0.15, -0.1) is 0 Å². The summed E-state index contributed by atoms with van der Waals surface area (Å²) < 4.78 is 16.3. The van der Waals surface area contributed by atoms with E-state index in [9.17, 15) is 4.79 Å². The summed E-state index contributed by atoms with van der Waals surface area (Å²) in [5, 5.41) is 3.09. The van der Waals surface area contributed by atoms with Gasteiger partial charge in [-0.2, -0.15) is 0 Å². The van der Waals surface area contributed by atoms with Gasteiger partial charge in [0.05, 0.1) is 26.9 Å². The Morgan fingerprint density at radius 1 is 1.27 bits per heavy atom. The fourth-order valence-corrected chi connectivity index (χ4v) is 3.24. The van der Waals surface area contributed by atoms with Crippen molar-refractivity contribution in [2.45, 2.75) is 33.2 Å². The Hall–Kier alpha value is -1.79. The lowest BCUT2D eigenvalue weighted by atomic mass is 10.0. The van der Waals surface area contributed by atoms with E-state index < -0.39 is 0 Å². The van der Waals surface area contributed by atoms with Crippen molar-refractivity contribution in [1.82, 2.24) is 10.2 Å². The average molecular weight is 364 g/mol. The maximum atomic E-state index is 12.6. The van der Waals surface area contributed by atoms with Crippen molar-refractivity contribution in [1.29, 1.82) is 0 Å². The first kappa shape index (κ1) is 20.5. The van der Waals surface area contributed by atoms with E-state index in [1.54, 1.807) is 25.3 Å². The van der Waals surface area contributed by atoms with Crippen molar-refractivity contribution < 1.29 is 19.0 Å². The fraction of sp³-hybridized carbons (Fsp3) is 0.650. The normalized spacial score (nSPS) is 16.3. The molecule has 0 spiro atoms. The van der Waals surface area contributed by atoms with Crippen molar-refractivity contribution in [2.75, 3.05) is 46.6 Å². The molecule has 1 aromatic carbocycles. The second-order valence-electron chi connectivity index (χ2n) is 6.94. The smallest absolute Gasteiger partial charge is 0.251 e. The molecule has 146 valence electrons. The standard InChI is InChI=1S/C20H32N2O4/c1-5-26-18-7-6-16(13-19(18)24-4)20(23)21-14-17(12-15(2)3)22-8-10-25-11-9-22/h6-7,13,15,17H,5,8-12,14H2,1-4H3,(H,21,23). The van der Waals surface area contributed by atoms with E-state index >= 15 is 0 Å². The lowest BCUT2D eigenvalue weighted by Gasteiger charge is -2.35. The molecule has 6 heteroatoms. The number of ether oxygens (including phenoxy) is 3. The van der Waals surface area contributed by atoms with E-state index in [1.165, 1.54) is 0 Å². The van der Waals surface area contributed by atoms with Gasteiger partial charge in [-0.1, -0.05) is 13.8 Å². The van der Waals surface area contributed by atoms with Crippen LogP contribution < -0.4 is 14.8 Å². The summed E-state index contributed by atoms with van der Waals surface area (Å²) in [6.45, 7) is 10.9. The molecule has 1 saturated heterocycles. The third-order valence-corrected chi connectivity index (χ3v) is 4.53. The Kier molecular flexibility index (Phi) is 8.19. The van der Waals surface area contributed by atoms with Crippen LogP contribution in [0.1, 0.15) is 37.6 Å². The third kappa shape index (κ3) is 5.88. The molecule has 2 rings (SSSR count). The number of benzene rings is 1. The first-order chi connectivity index (χ1) is 12.5. The summed E-state index contributed by atoms with van der Waals surface area (Å²) in [5.74, 6) is 1.71. The number of methoxy groups -OCH3 is 1. The first-order valence-corrected chi connectivity index (χ1v) is 9.46. The summed E-state index contributed by atoms with van der Waals surface area (Å²) in [6.07, 6.45) is 1.05. The van der Waals surface area contributed by atoms with E-state index in [-0.39, 0.29) is 5.91 Å². The lowest BCUT2D eigenvalue weighted by molar-refractivity contribution is 0.0124. The molecule has 1 amide bonds. The summed E-state index contributed by atoms with van der Waals surface area (Å²) in [5.41, 5.74) is 0.579. The molecule has 1 heterocycles. The van der Waals surface area contributed by atoms with Gasteiger partial charge in [-0.3, -0.25) is 9.69 Å². The van der Waals surface area contributed by atoms with Gasteiger partial charge in [-0.05, 0) is 37.5 Å². The molecular formula is C20H32N2O4. The minimum atomic E-state index is -0.0895. The highest BCUT2D eigenvalue weighted by molar-refractivity contribution is 5.94. The predicted molar refractivity (Wildman–Crippen MR) is 102 cm³/mol. The van der Waals surface area contributed by atoms with Gasteiger partial charge < -0.3 is 19.5 Å². The van der Waals surface area contributed by atoms with Crippen molar-refractivity contribution in [2.24, 2.45) is 5.92 Å². The molecule has 1 unspecified atom stereocenters. The molecule has 0 saturated carbocycles. The lowest BCUT2D eigenvalue weighted by Crippen LogP contribution is -2.49. The SMILES string of the molecule is CCOc1ccc(C(=O)NCC(CC(C)C)N2CCOCC2)cc1OC. The maximum Gasteiger partial charge on any atom is 0.251 e. The van der Waals surface area contributed by atoms with Crippen LogP contribution in [0, 0.1) is 5.92 Å². The molecule has 6 nitrogen and oxygen atoms in total. The summed E-state index contributed by atoms with van der Waals surface area (Å²) in [7, 11) is 1.58. The van der Waals surface area contributed by atoms with Crippen LogP contribution in [-0.4, -0.2) is 63.4 Å². The zero-order valence-electron chi connectivity index (χ0n) is 16.4. The Bertz CT molecular complexity index is 571. The molecule has 1 aromatic rings. The number of amides is 1. The highest BCUT2D eigenvalue weighted by atomic mass is 16.5. The molecule has 1 N–H and O–H groups in total. The summed E-state index contributed by atoms with van der Waals surface area (Å²) in [4.78, 5) is 15.0. The van der Waals surface area contributed by atoms with Crippen LogP contribution in [-0.2, 0) is 4.74 Å². The van der Waals surface area contributed by atoms with Crippen LogP contribution in [0.25, 0.3) is 0 Å². The first-order valence-electron chi connectivity index (χ1n) is 9.46. The topological polar surface area (TPSA) is 60.0 Å². The van der Waals surface area contributed by atoms with E-state index in [4.69, 9.17) is 14.2 Å². The van der Waals surface area contributed by atoms with E-state index in [1.807, 2.05) is 6.92 Å². The van der Waals surface area contributed by atoms with Gasteiger partial charge in [-0.25, -0.2) is 0 Å². The molecule has 0 aliphatic carbocycles. The van der Waals surface area contributed by atoms with Crippen molar-refractivity contribution in [3.63, 3.8) is 0 Å². The highest BCUT2D eigenvalue weighted by Crippen LogP contribution is 2.28. The molecule has 0 aromatic heterocycles. The van der Waals surface area contributed by atoms with Crippen molar-refractivity contribution >= 4 is 5.91 Å². The van der Waals surface area contributed by atoms with Gasteiger partial charge in [0.2, 0.25) is 0 Å². The molecule has 1 atom stereocenters. The number of hydrogen-bond donors (Lipinski definition) is 1. The van der Waals surface area contributed by atoms with Gasteiger partial charge >= 0.3 is 0 Å². The van der Waals surface area contributed by atoms with Crippen LogP contribution in [0.15, 0.2) is 18.2 Å². The van der Waals surface area contributed by atoms with Crippen LogP contribution in [0.2, 0.25) is 0 Å². The van der Waals surface area contributed by atoms with E-state index in [2.05, 4.69) is 24.1 Å². The predicted octanol–water partition coefficient (Wildman–Crippen LogP) is 2.57. The highest BCUT2D eigenvalue weighted by Gasteiger charge is 2.23. The largest absolute Gasteiger partial charge is 0.493 e. The Morgan fingerprint density at radius 2 is 2.00 bits per heavy atom. The zero-order valence-corrected chi connectivity index (χ0v) is 16.4. The number of carbonyl (C=O) groups is 1. The van der Waals surface area contributed by atoms with Crippen LogP contribution in [0.3, 0.4) is 0 Å². The number of morpholine rings is 1. The van der Waals surface area contributed by atoms with Gasteiger partial charge in [0.15, 0.2) is 11.5 Å². The van der Waals surface area contributed by atoms with Gasteiger partial charge in [0, 0.05) is 31.2 Å². The molecule has 1 aliphatic heterocycles. The van der Waals surface area contributed by atoms with Crippen molar-refractivity contribution in [3.8, 4) is 11.5 Å². The minimum absolute atomic E-state index is 0.0895. The molecular weight excluding hydrogens is 332 g/mol. The Morgan fingerprint density at radius 3 is 2.62 bits per heavy atom. The van der Waals surface area contributed by atoms with Crippen LogP contribution >= 0.6 is 0 Å². The van der Waals surface area contributed by atoms with E-state index in [0.717, 1.165) is 32.7 Å². The molecule has 1 aliphatic rings. The zero-order chi connectivity index (χ0) is 18.9. The number of hydrogen-bond acceptors (Lipinski definition) is 5. The second kappa shape index (κ2) is 10.4. The van der Waals surface area contributed by atoms with Gasteiger partial charge in [0.1, 0.15) is 0 Å². The van der Waals surface area contributed by atoms with Crippen LogP contribution in [0.5, 0.6) is 11.5 Å². The van der Waals surface area contributed by atoms with E-state index in [0.29, 0.717) is 42.2 Å². The molecule has 0 radical (unpaired) electrons. The molecule has 26 heavy (non-hydrogen) atoms. The molecule has 0 bridgehead atoms. The number of carbonyl (C=O) groups excluding carboxylic acids is 1.